The molecule has 0 aliphatic carbocycles. The molecule has 7 heteroatoms. The Hall–Kier alpha value is -1.96. The predicted octanol–water partition coefficient (Wildman–Crippen LogP) is 5.07. The number of carbonyl (C=O) groups excluding carboxylic acids is 1. The first kappa shape index (κ1) is 21.3. The van der Waals surface area contributed by atoms with Gasteiger partial charge in [0.15, 0.2) is 5.17 Å². The van der Waals surface area contributed by atoms with E-state index >= 15 is 0 Å². The lowest BCUT2D eigenvalue weighted by Gasteiger charge is -2.13. The number of aromatic nitrogens is 1. The number of thioether (sulfide) groups is 1. The van der Waals surface area contributed by atoms with Crippen LogP contribution in [0.1, 0.15) is 46.7 Å². The maximum atomic E-state index is 12.4. The second kappa shape index (κ2) is 9.90. The molecule has 0 bridgehead atoms. The Morgan fingerprint density at radius 1 is 1.23 bits per heavy atom. The average molecular weight is 441 g/mol. The SMILES string of the molecule is Cc1ccc(N=C2NC(=O)/C(=C/c3cnc(CCCCN4CCCC4)s3)S2)c(C)c1. The molecule has 2 aromatic rings. The normalized spacial score (nSPS) is 19.9. The van der Waals surface area contributed by atoms with Gasteiger partial charge in [-0.05, 0) is 95.1 Å². The number of likely N-dealkylation sites (tertiary alicyclic amines) is 1. The van der Waals surface area contributed by atoms with E-state index < -0.39 is 0 Å². The van der Waals surface area contributed by atoms with Gasteiger partial charge in [0, 0.05) is 11.1 Å². The van der Waals surface area contributed by atoms with Gasteiger partial charge in [-0.1, -0.05) is 17.7 Å². The van der Waals surface area contributed by atoms with Gasteiger partial charge in [0.2, 0.25) is 0 Å². The Morgan fingerprint density at radius 2 is 2.07 bits per heavy atom. The molecule has 0 saturated carbocycles. The van der Waals surface area contributed by atoms with Crippen molar-refractivity contribution < 1.29 is 4.79 Å². The van der Waals surface area contributed by atoms with Gasteiger partial charge in [0.1, 0.15) is 0 Å². The molecule has 1 aromatic carbocycles. The molecule has 5 nitrogen and oxygen atoms in total. The minimum absolute atomic E-state index is 0.0934. The van der Waals surface area contributed by atoms with Gasteiger partial charge in [-0.25, -0.2) is 9.98 Å². The summed E-state index contributed by atoms with van der Waals surface area (Å²) in [5.41, 5.74) is 3.20. The minimum atomic E-state index is -0.0934. The van der Waals surface area contributed by atoms with Gasteiger partial charge in [-0.3, -0.25) is 4.79 Å². The van der Waals surface area contributed by atoms with Crippen LogP contribution in [0, 0.1) is 13.8 Å². The lowest BCUT2D eigenvalue weighted by molar-refractivity contribution is -0.115. The lowest BCUT2D eigenvalue weighted by Crippen LogP contribution is -2.20. The fourth-order valence-electron chi connectivity index (χ4n) is 3.77. The van der Waals surface area contributed by atoms with Crippen molar-refractivity contribution >= 4 is 45.9 Å². The summed E-state index contributed by atoms with van der Waals surface area (Å²) in [6.45, 7) is 7.84. The first-order chi connectivity index (χ1) is 14.6. The van der Waals surface area contributed by atoms with Crippen molar-refractivity contribution in [1.82, 2.24) is 15.2 Å². The maximum absolute atomic E-state index is 12.4. The number of thiazole rings is 1. The van der Waals surface area contributed by atoms with Crippen LogP contribution in [0.5, 0.6) is 0 Å². The van der Waals surface area contributed by atoms with Gasteiger partial charge in [0.05, 0.1) is 15.6 Å². The van der Waals surface area contributed by atoms with Crippen molar-refractivity contribution in [2.45, 2.75) is 46.0 Å². The Bertz CT molecular complexity index is 973. The maximum Gasteiger partial charge on any atom is 0.264 e. The van der Waals surface area contributed by atoms with Gasteiger partial charge < -0.3 is 10.2 Å². The lowest BCUT2D eigenvalue weighted by atomic mass is 10.1. The molecular weight excluding hydrogens is 412 g/mol. The Kier molecular flexibility index (Phi) is 7.02. The number of nitrogens with one attached hydrogen (secondary N) is 1. The van der Waals surface area contributed by atoms with Gasteiger partial charge in [0.25, 0.3) is 5.91 Å². The number of hydrogen-bond acceptors (Lipinski definition) is 6. The fourth-order valence-corrected chi connectivity index (χ4v) is 5.58. The largest absolute Gasteiger partial charge is 0.303 e. The number of amides is 1. The van der Waals surface area contributed by atoms with Gasteiger partial charge >= 0.3 is 0 Å². The highest BCUT2D eigenvalue weighted by Gasteiger charge is 2.24. The van der Waals surface area contributed by atoms with Crippen LogP contribution in [-0.2, 0) is 11.2 Å². The van der Waals surface area contributed by atoms with Crippen molar-refractivity contribution in [2.75, 3.05) is 19.6 Å². The zero-order chi connectivity index (χ0) is 20.9. The second-order valence-corrected chi connectivity index (χ2v) is 10.1. The zero-order valence-corrected chi connectivity index (χ0v) is 19.2. The predicted molar refractivity (Wildman–Crippen MR) is 127 cm³/mol. The number of nitrogens with zero attached hydrogens (tertiary/aromatic N) is 3. The van der Waals surface area contributed by atoms with Crippen LogP contribution in [0.25, 0.3) is 6.08 Å². The van der Waals surface area contributed by atoms with Crippen molar-refractivity contribution in [3.63, 3.8) is 0 Å². The number of aliphatic imine (C=N–C) groups is 1. The molecular formula is C23H28N4OS2. The molecule has 0 atom stereocenters. The van der Waals surface area contributed by atoms with Gasteiger partial charge in [-0.2, -0.15) is 0 Å². The van der Waals surface area contributed by atoms with E-state index in [0.717, 1.165) is 27.6 Å². The monoisotopic (exact) mass is 440 g/mol. The van der Waals surface area contributed by atoms with Crippen molar-refractivity contribution in [3.8, 4) is 0 Å². The van der Waals surface area contributed by atoms with Crippen LogP contribution in [0.2, 0.25) is 0 Å². The third kappa shape index (κ3) is 5.59. The van der Waals surface area contributed by atoms with Crippen molar-refractivity contribution in [2.24, 2.45) is 4.99 Å². The van der Waals surface area contributed by atoms with E-state index in [2.05, 4.69) is 33.2 Å². The summed E-state index contributed by atoms with van der Waals surface area (Å²) in [5.74, 6) is -0.0934. The fraction of sp³-hybridized carbons (Fsp3) is 0.435. The molecule has 4 rings (SSSR count). The van der Waals surface area contributed by atoms with E-state index in [4.69, 9.17) is 0 Å². The number of benzene rings is 1. The number of aryl methyl sites for hydroxylation is 3. The van der Waals surface area contributed by atoms with Crippen LogP contribution in [0.4, 0.5) is 5.69 Å². The standard InChI is InChI=1S/C23H28N4OS2/c1-16-8-9-19(17(2)13-16)25-23-26-22(28)20(30-23)14-18-15-24-21(29-18)7-3-4-10-27-11-5-6-12-27/h8-9,13-15H,3-7,10-12H2,1-2H3,(H,25,26,28)/b20-14-. The summed E-state index contributed by atoms with van der Waals surface area (Å²) in [7, 11) is 0. The van der Waals surface area contributed by atoms with Crippen LogP contribution in [0.15, 0.2) is 34.3 Å². The van der Waals surface area contributed by atoms with Crippen molar-refractivity contribution in [3.05, 3.63) is 50.3 Å². The zero-order valence-electron chi connectivity index (χ0n) is 17.6. The molecule has 2 aliphatic heterocycles. The third-order valence-electron chi connectivity index (χ3n) is 5.38. The summed E-state index contributed by atoms with van der Waals surface area (Å²) in [6, 6.07) is 6.13. The summed E-state index contributed by atoms with van der Waals surface area (Å²) in [6.07, 6.45) is 9.92. The van der Waals surface area contributed by atoms with E-state index in [1.165, 1.54) is 62.6 Å². The molecule has 3 heterocycles. The number of amidine groups is 1. The Morgan fingerprint density at radius 3 is 2.87 bits per heavy atom. The second-order valence-electron chi connectivity index (χ2n) is 7.93. The molecule has 2 aliphatic rings. The number of rotatable bonds is 7. The van der Waals surface area contributed by atoms with E-state index in [9.17, 15) is 4.79 Å². The molecule has 0 spiro atoms. The number of carbonyl (C=O) groups is 1. The molecule has 1 amide bonds. The molecule has 158 valence electrons. The quantitative estimate of drug-likeness (QED) is 0.482. The summed E-state index contributed by atoms with van der Waals surface area (Å²) in [5, 5.41) is 4.65. The Balaban J connectivity index is 1.33. The molecule has 30 heavy (non-hydrogen) atoms. The van der Waals surface area contributed by atoms with E-state index in [0.29, 0.717) is 10.1 Å². The number of unbranched alkanes of at least 4 members (excludes halogenated alkanes) is 1. The Labute approximate surface area is 186 Å². The smallest absolute Gasteiger partial charge is 0.264 e. The highest BCUT2D eigenvalue weighted by atomic mass is 32.2. The summed E-state index contributed by atoms with van der Waals surface area (Å²) < 4.78 is 0. The molecule has 0 radical (unpaired) electrons. The average Bonchev–Trinajstić information content (AvgIpc) is 3.45. The van der Waals surface area contributed by atoms with Crippen LogP contribution >= 0.6 is 23.1 Å². The highest BCUT2D eigenvalue weighted by Crippen LogP contribution is 2.30. The third-order valence-corrected chi connectivity index (χ3v) is 7.30. The molecule has 2 fully saturated rings. The number of hydrogen-bond donors (Lipinski definition) is 1. The van der Waals surface area contributed by atoms with Crippen LogP contribution in [-0.4, -0.2) is 40.6 Å². The van der Waals surface area contributed by atoms with Crippen LogP contribution in [0.3, 0.4) is 0 Å². The molecule has 0 unspecified atom stereocenters. The topological polar surface area (TPSA) is 57.6 Å². The highest BCUT2D eigenvalue weighted by molar-refractivity contribution is 8.18. The van der Waals surface area contributed by atoms with E-state index in [1.807, 2.05) is 31.3 Å². The first-order valence-electron chi connectivity index (χ1n) is 10.6. The van der Waals surface area contributed by atoms with Crippen molar-refractivity contribution in [1.29, 1.82) is 0 Å². The van der Waals surface area contributed by atoms with E-state index in [1.54, 1.807) is 11.3 Å². The summed E-state index contributed by atoms with van der Waals surface area (Å²) >= 11 is 3.07. The molecule has 1 N–H and O–H groups in total. The molecule has 2 saturated heterocycles. The summed E-state index contributed by atoms with van der Waals surface area (Å²) in [4.78, 5) is 25.8. The van der Waals surface area contributed by atoms with Crippen LogP contribution < -0.4 is 5.32 Å². The minimum Gasteiger partial charge on any atom is -0.303 e. The first-order valence-corrected chi connectivity index (χ1v) is 12.2. The van der Waals surface area contributed by atoms with Gasteiger partial charge in [-0.15, -0.1) is 11.3 Å². The molecule has 1 aromatic heterocycles. The van der Waals surface area contributed by atoms with E-state index in [-0.39, 0.29) is 5.91 Å².